The van der Waals surface area contributed by atoms with E-state index in [-0.39, 0.29) is 37.5 Å². The van der Waals surface area contributed by atoms with Crippen molar-refractivity contribution in [2.24, 2.45) is 0 Å². The minimum atomic E-state index is -1.22. The first kappa shape index (κ1) is 39.3. The Bertz CT molecular complexity index is 2350. The number of alkyl carbamates (subject to hydrolysis) is 1. The summed E-state index contributed by atoms with van der Waals surface area (Å²) in [5.41, 5.74) is 6.25. The summed E-state index contributed by atoms with van der Waals surface area (Å²) >= 11 is 0. The van der Waals surface area contributed by atoms with Gasteiger partial charge in [0.25, 0.3) is 0 Å². The molecule has 0 bridgehead atoms. The van der Waals surface area contributed by atoms with Gasteiger partial charge in [0.2, 0.25) is 11.8 Å². The molecule has 6 N–H and O–H groups in total. The lowest BCUT2D eigenvalue weighted by molar-refractivity contribution is -0.158. The Hall–Kier alpha value is -6.89. The van der Waals surface area contributed by atoms with Crippen molar-refractivity contribution >= 4 is 34.8 Å². The molecule has 7 rings (SSSR count). The first-order valence-electron chi connectivity index (χ1n) is 19.2. The summed E-state index contributed by atoms with van der Waals surface area (Å²) in [6, 6.07) is 26.4. The van der Waals surface area contributed by atoms with Gasteiger partial charge >= 0.3 is 12.1 Å². The maximum Gasteiger partial charge on any atom is 0.407 e. The standard InChI is InChI=1S/C45H46N6O7/c1-45(2,3)58-43(55)40(20-27-16-18-30(52)19-17-27)50-42(54)39(22-29-24-46-26-48-29)49-41(53)38(21-28-23-47-37-15-9-8-10-31(28)37)51-44(56)57-25-36-34-13-6-4-11-32(34)33-12-5-7-14-35(33)36/h4-19,23-24,26,36,38-40,47,52H,20-22,25H2,1-3H3,(H,46,48)(H,49,53)(H,50,54)(H,51,56)/t38-,39-,40-/m0/s1. The van der Waals surface area contributed by atoms with Crippen molar-refractivity contribution < 1.29 is 33.8 Å². The number of imidazole rings is 1. The summed E-state index contributed by atoms with van der Waals surface area (Å²) in [5.74, 6) is -2.12. The number of H-pyrrole nitrogens is 2. The fourth-order valence-electron chi connectivity index (χ4n) is 7.32. The molecule has 0 saturated carbocycles. The maximum absolute atomic E-state index is 14.4. The number of fused-ring (bicyclic) bond motifs is 4. The van der Waals surface area contributed by atoms with Gasteiger partial charge in [0.15, 0.2) is 0 Å². The molecule has 0 spiro atoms. The Morgan fingerprint density at radius 2 is 1.36 bits per heavy atom. The van der Waals surface area contributed by atoms with Crippen molar-refractivity contribution in [3.8, 4) is 16.9 Å². The smallest absolute Gasteiger partial charge is 0.407 e. The number of benzene rings is 4. The molecule has 0 radical (unpaired) electrons. The van der Waals surface area contributed by atoms with Crippen LogP contribution in [-0.4, -0.2) is 74.3 Å². The summed E-state index contributed by atoms with van der Waals surface area (Å²) in [6.07, 6.45) is 4.09. The number of rotatable bonds is 14. The largest absolute Gasteiger partial charge is 0.508 e. The van der Waals surface area contributed by atoms with Crippen molar-refractivity contribution in [2.45, 2.75) is 69.7 Å². The molecule has 58 heavy (non-hydrogen) atoms. The molecule has 4 aromatic carbocycles. The van der Waals surface area contributed by atoms with Crippen LogP contribution in [0.5, 0.6) is 5.75 Å². The number of nitrogens with zero attached hydrogens (tertiary/aromatic N) is 1. The number of para-hydroxylation sites is 1. The Morgan fingerprint density at radius 3 is 2.02 bits per heavy atom. The molecule has 0 fully saturated rings. The molecule has 2 aromatic heterocycles. The number of aromatic hydroxyl groups is 1. The molecule has 1 aliphatic rings. The van der Waals surface area contributed by atoms with Gasteiger partial charge in [-0.3, -0.25) is 9.59 Å². The highest BCUT2D eigenvalue weighted by molar-refractivity contribution is 5.94. The monoisotopic (exact) mass is 782 g/mol. The van der Waals surface area contributed by atoms with Crippen molar-refractivity contribution in [1.82, 2.24) is 30.9 Å². The molecule has 3 atom stereocenters. The number of aromatic nitrogens is 3. The molecular weight excluding hydrogens is 737 g/mol. The minimum absolute atomic E-state index is 0.0113. The van der Waals surface area contributed by atoms with E-state index in [0.717, 1.165) is 38.7 Å². The second-order valence-corrected chi connectivity index (χ2v) is 15.4. The number of nitrogens with one attached hydrogen (secondary N) is 5. The van der Waals surface area contributed by atoms with Crippen molar-refractivity contribution in [2.75, 3.05) is 6.61 Å². The van der Waals surface area contributed by atoms with E-state index in [0.29, 0.717) is 11.3 Å². The quantitative estimate of drug-likeness (QED) is 0.0744. The van der Waals surface area contributed by atoms with Gasteiger partial charge in [0.05, 0.1) is 6.33 Å². The van der Waals surface area contributed by atoms with Crippen LogP contribution in [0.2, 0.25) is 0 Å². The Labute approximate surface area is 335 Å². The van der Waals surface area contributed by atoms with Crippen LogP contribution in [0.4, 0.5) is 4.79 Å². The third-order valence-electron chi connectivity index (χ3n) is 10.0. The molecule has 2 heterocycles. The summed E-state index contributed by atoms with van der Waals surface area (Å²) in [6.45, 7) is 5.22. The number of aromatic amines is 2. The number of carbonyl (C=O) groups excluding carboxylic acids is 4. The topological polar surface area (TPSA) is 188 Å². The van der Waals surface area contributed by atoms with Crippen LogP contribution in [-0.2, 0) is 43.1 Å². The van der Waals surface area contributed by atoms with Gasteiger partial charge in [0.1, 0.15) is 36.1 Å². The number of hydrogen-bond acceptors (Lipinski definition) is 8. The predicted octanol–water partition coefficient (Wildman–Crippen LogP) is 5.84. The Balaban J connectivity index is 1.12. The van der Waals surface area contributed by atoms with Gasteiger partial charge in [-0.2, -0.15) is 0 Å². The second-order valence-electron chi connectivity index (χ2n) is 15.4. The minimum Gasteiger partial charge on any atom is -0.508 e. The van der Waals surface area contributed by atoms with Crippen LogP contribution < -0.4 is 16.0 Å². The SMILES string of the molecule is CC(C)(C)OC(=O)[C@H](Cc1ccc(O)cc1)NC(=O)[C@H](Cc1cnc[nH]1)NC(=O)[C@H](Cc1c[nH]c2ccccc12)NC(=O)OCC1c2ccccc2-c2ccccc21. The lowest BCUT2D eigenvalue weighted by Gasteiger charge is -2.27. The molecule has 0 aliphatic heterocycles. The highest BCUT2D eigenvalue weighted by Crippen LogP contribution is 2.44. The van der Waals surface area contributed by atoms with E-state index in [1.807, 2.05) is 60.7 Å². The summed E-state index contributed by atoms with van der Waals surface area (Å²) in [7, 11) is 0. The van der Waals surface area contributed by atoms with Crippen molar-refractivity contribution in [3.63, 3.8) is 0 Å². The van der Waals surface area contributed by atoms with Gasteiger partial charge in [-0.25, -0.2) is 14.6 Å². The van der Waals surface area contributed by atoms with Crippen molar-refractivity contribution in [1.29, 1.82) is 0 Å². The normalized spacial score (nSPS) is 13.8. The van der Waals surface area contributed by atoms with Crippen molar-refractivity contribution in [3.05, 3.63) is 144 Å². The zero-order valence-corrected chi connectivity index (χ0v) is 32.5. The molecule has 0 unspecified atom stereocenters. The zero-order chi connectivity index (χ0) is 40.8. The van der Waals surface area contributed by atoms with E-state index in [4.69, 9.17) is 9.47 Å². The predicted molar refractivity (Wildman–Crippen MR) is 218 cm³/mol. The molecule has 298 valence electrons. The Morgan fingerprint density at radius 1 is 0.741 bits per heavy atom. The van der Waals surface area contributed by atoms with E-state index in [2.05, 4.69) is 43.0 Å². The number of phenols is 1. The molecule has 13 nitrogen and oxygen atoms in total. The van der Waals surface area contributed by atoms with E-state index in [1.165, 1.54) is 24.7 Å². The Kier molecular flexibility index (Phi) is 11.6. The van der Waals surface area contributed by atoms with Crippen LogP contribution in [0.1, 0.15) is 54.6 Å². The summed E-state index contributed by atoms with van der Waals surface area (Å²) in [5, 5.41) is 19.1. The van der Waals surface area contributed by atoms with E-state index in [1.54, 1.807) is 39.1 Å². The maximum atomic E-state index is 14.4. The van der Waals surface area contributed by atoms with Gasteiger partial charge in [-0.1, -0.05) is 78.9 Å². The van der Waals surface area contributed by atoms with Crippen LogP contribution in [0.3, 0.4) is 0 Å². The van der Waals surface area contributed by atoms with Gasteiger partial charge in [0, 0.05) is 54.2 Å². The highest BCUT2D eigenvalue weighted by Gasteiger charge is 2.34. The van der Waals surface area contributed by atoms with E-state index < -0.39 is 47.6 Å². The number of hydrogen-bond donors (Lipinski definition) is 6. The average Bonchev–Trinajstić information content (AvgIpc) is 3.95. The van der Waals surface area contributed by atoms with Crippen LogP contribution >= 0.6 is 0 Å². The first-order valence-corrected chi connectivity index (χ1v) is 19.2. The molecule has 6 aromatic rings. The van der Waals surface area contributed by atoms with Gasteiger partial charge < -0.3 is 40.5 Å². The lowest BCUT2D eigenvalue weighted by atomic mass is 9.98. The fourth-order valence-corrected chi connectivity index (χ4v) is 7.32. The molecular formula is C45H46N6O7. The zero-order valence-electron chi connectivity index (χ0n) is 32.5. The lowest BCUT2D eigenvalue weighted by Crippen LogP contribution is -2.57. The van der Waals surface area contributed by atoms with E-state index in [9.17, 15) is 24.3 Å². The molecule has 13 heteroatoms. The molecule has 1 aliphatic carbocycles. The van der Waals surface area contributed by atoms with Crippen LogP contribution in [0.15, 0.2) is 116 Å². The third kappa shape index (κ3) is 9.38. The average molecular weight is 783 g/mol. The number of amides is 3. The number of carbonyl (C=O) groups is 4. The summed E-state index contributed by atoms with van der Waals surface area (Å²) in [4.78, 5) is 66.0. The summed E-state index contributed by atoms with van der Waals surface area (Å²) < 4.78 is 11.5. The first-order chi connectivity index (χ1) is 27.9. The number of phenolic OH excluding ortho intramolecular Hbond substituents is 1. The third-order valence-corrected chi connectivity index (χ3v) is 10.0. The molecule has 0 saturated heterocycles. The fraction of sp³-hybridized carbons (Fsp3) is 0.267. The second kappa shape index (κ2) is 17.1. The van der Waals surface area contributed by atoms with E-state index >= 15 is 0 Å². The van der Waals surface area contributed by atoms with Crippen LogP contribution in [0.25, 0.3) is 22.0 Å². The van der Waals surface area contributed by atoms with Crippen LogP contribution in [0, 0.1) is 0 Å². The highest BCUT2D eigenvalue weighted by atomic mass is 16.6. The number of ether oxygens (including phenoxy) is 2. The number of esters is 1. The van der Waals surface area contributed by atoms with Gasteiger partial charge in [-0.05, 0) is 72.4 Å². The van der Waals surface area contributed by atoms with Gasteiger partial charge in [-0.15, -0.1) is 0 Å². The molecule has 3 amide bonds.